The number of hydrogen-bond acceptors (Lipinski definition) is 6. The van der Waals surface area contributed by atoms with E-state index in [0.29, 0.717) is 25.8 Å². The molecule has 2 aliphatic heterocycles. The van der Waals surface area contributed by atoms with Gasteiger partial charge in [0.05, 0.1) is 13.2 Å². The van der Waals surface area contributed by atoms with Crippen LogP contribution in [0.5, 0.6) is 5.75 Å². The standard InChI is InChI=1S/C28H45N5O4/c1-5-23(29)26(34)31-25-20(15-17-32(6-2)7-3)18-21-10-13-24(33(21)28(25)36)27(35)30-16-14-19-8-11-22(37-4)12-9-19/h8-9,11-12,20-21,23-25H,5-7,10,13-18,29H2,1-4H3,(H,30,35)(H,31,34)/t20-,21?,23-,24-,25?/m0/s1. The van der Waals surface area contributed by atoms with E-state index in [0.717, 1.165) is 50.2 Å². The molecule has 9 heteroatoms. The number of nitrogens with two attached hydrogens (primary N) is 1. The van der Waals surface area contributed by atoms with Crippen molar-refractivity contribution < 1.29 is 19.1 Å². The number of nitrogens with one attached hydrogen (secondary N) is 2. The maximum absolute atomic E-state index is 13.8. The molecule has 3 amide bonds. The molecule has 37 heavy (non-hydrogen) atoms. The van der Waals surface area contributed by atoms with Crippen molar-refractivity contribution in [3.63, 3.8) is 0 Å². The van der Waals surface area contributed by atoms with Crippen LogP contribution in [0.25, 0.3) is 0 Å². The topological polar surface area (TPSA) is 117 Å². The van der Waals surface area contributed by atoms with Gasteiger partial charge in [0.1, 0.15) is 17.8 Å². The normalized spacial score (nSPS) is 24.1. The highest BCUT2D eigenvalue weighted by atomic mass is 16.5. The fraction of sp³-hybridized carbons (Fsp3) is 0.679. The lowest BCUT2D eigenvalue weighted by Gasteiger charge is -2.43. The molecule has 0 bridgehead atoms. The molecule has 9 nitrogen and oxygen atoms in total. The van der Waals surface area contributed by atoms with Gasteiger partial charge in [0.2, 0.25) is 17.7 Å². The summed E-state index contributed by atoms with van der Waals surface area (Å²) in [6, 6.07) is 6.00. The lowest BCUT2D eigenvalue weighted by atomic mass is 9.83. The smallest absolute Gasteiger partial charge is 0.246 e. The van der Waals surface area contributed by atoms with Crippen LogP contribution in [0.15, 0.2) is 24.3 Å². The highest BCUT2D eigenvalue weighted by molar-refractivity contribution is 5.94. The fourth-order valence-corrected chi connectivity index (χ4v) is 5.59. The van der Waals surface area contributed by atoms with Crippen molar-refractivity contribution in [1.29, 1.82) is 0 Å². The second kappa shape index (κ2) is 13.8. The van der Waals surface area contributed by atoms with E-state index in [4.69, 9.17) is 10.5 Å². The van der Waals surface area contributed by atoms with Crippen LogP contribution in [0.4, 0.5) is 0 Å². The molecule has 206 valence electrons. The average Bonchev–Trinajstić information content (AvgIpc) is 3.35. The zero-order valence-corrected chi connectivity index (χ0v) is 22.9. The summed E-state index contributed by atoms with van der Waals surface area (Å²) in [4.78, 5) is 43.7. The van der Waals surface area contributed by atoms with E-state index >= 15 is 0 Å². The van der Waals surface area contributed by atoms with E-state index in [2.05, 4.69) is 29.4 Å². The molecular formula is C28H45N5O4. The molecule has 1 aromatic rings. The quantitative estimate of drug-likeness (QED) is 0.368. The largest absolute Gasteiger partial charge is 0.497 e. The number of amides is 3. The van der Waals surface area contributed by atoms with E-state index < -0.39 is 18.1 Å². The molecule has 0 aromatic heterocycles. The fourth-order valence-electron chi connectivity index (χ4n) is 5.59. The Morgan fingerprint density at radius 2 is 1.86 bits per heavy atom. The van der Waals surface area contributed by atoms with Gasteiger partial charge in [0.25, 0.3) is 0 Å². The predicted molar refractivity (Wildman–Crippen MR) is 144 cm³/mol. The summed E-state index contributed by atoms with van der Waals surface area (Å²) < 4.78 is 5.19. The van der Waals surface area contributed by atoms with Crippen molar-refractivity contribution in [2.45, 2.75) is 83.5 Å². The number of carbonyl (C=O) groups is 3. The Hall–Kier alpha value is -2.65. The first kappa shape index (κ1) is 28.9. The Balaban J connectivity index is 1.66. The Bertz CT molecular complexity index is 904. The van der Waals surface area contributed by atoms with Crippen LogP contribution >= 0.6 is 0 Å². The Morgan fingerprint density at radius 3 is 2.49 bits per heavy atom. The first-order valence-electron chi connectivity index (χ1n) is 13.8. The van der Waals surface area contributed by atoms with Gasteiger partial charge in [-0.3, -0.25) is 14.4 Å². The molecule has 0 radical (unpaired) electrons. The third kappa shape index (κ3) is 7.23. The molecule has 1 aromatic carbocycles. The summed E-state index contributed by atoms with van der Waals surface area (Å²) in [5.74, 6) is 0.253. The van der Waals surface area contributed by atoms with Crippen LogP contribution in [0.1, 0.15) is 58.4 Å². The van der Waals surface area contributed by atoms with Gasteiger partial charge in [-0.2, -0.15) is 0 Å². The van der Waals surface area contributed by atoms with E-state index in [-0.39, 0.29) is 29.7 Å². The number of fused-ring (bicyclic) bond motifs is 1. The number of rotatable bonds is 13. The minimum atomic E-state index is -0.649. The lowest BCUT2D eigenvalue weighted by molar-refractivity contribution is -0.149. The third-order valence-electron chi connectivity index (χ3n) is 8.03. The summed E-state index contributed by atoms with van der Waals surface area (Å²) in [6.45, 7) is 9.38. The van der Waals surface area contributed by atoms with E-state index in [1.165, 1.54) is 0 Å². The first-order chi connectivity index (χ1) is 17.8. The summed E-state index contributed by atoms with van der Waals surface area (Å²) in [5.41, 5.74) is 7.08. The first-order valence-corrected chi connectivity index (χ1v) is 13.8. The number of methoxy groups -OCH3 is 1. The molecule has 2 heterocycles. The summed E-state index contributed by atoms with van der Waals surface area (Å²) in [5, 5.41) is 5.99. The van der Waals surface area contributed by atoms with Gasteiger partial charge < -0.3 is 30.9 Å². The molecule has 2 saturated heterocycles. The zero-order valence-electron chi connectivity index (χ0n) is 22.9. The average molecular weight is 516 g/mol. The van der Waals surface area contributed by atoms with Crippen LogP contribution < -0.4 is 21.1 Å². The minimum absolute atomic E-state index is 0.0271. The van der Waals surface area contributed by atoms with Crippen LogP contribution in [0.3, 0.4) is 0 Å². The lowest BCUT2D eigenvalue weighted by Crippen LogP contribution is -2.63. The summed E-state index contributed by atoms with van der Waals surface area (Å²) in [7, 11) is 1.63. The van der Waals surface area contributed by atoms with E-state index in [1.807, 2.05) is 31.2 Å². The highest BCUT2D eigenvalue weighted by Gasteiger charge is 2.50. The molecule has 2 aliphatic rings. The molecular weight excluding hydrogens is 470 g/mol. The maximum atomic E-state index is 13.8. The van der Waals surface area contributed by atoms with Crippen LogP contribution in [-0.2, 0) is 20.8 Å². The van der Waals surface area contributed by atoms with E-state index in [1.54, 1.807) is 12.0 Å². The second-order valence-electron chi connectivity index (χ2n) is 10.2. The number of ether oxygens (including phenoxy) is 1. The number of hydrogen-bond donors (Lipinski definition) is 3. The van der Waals surface area contributed by atoms with Crippen molar-refractivity contribution in [3.8, 4) is 5.75 Å². The van der Waals surface area contributed by atoms with Crippen molar-refractivity contribution in [2.24, 2.45) is 11.7 Å². The van der Waals surface area contributed by atoms with Crippen molar-refractivity contribution in [3.05, 3.63) is 29.8 Å². The predicted octanol–water partition coefficient (Wildman–Crippen LogP) is 1.69. The summed E-state index contributed by atoms with van der Waals surface area (Å²) >= 11 is 0. The van der Waals surface area contributed by atoms with Crippen molar-refractivity contribution in [1.82, 2.24) is 20.4 Å². The van der Waals surface area contributed by atoms with Gasteiger partial charge in [-0.1, -0.05) is 32.9 Å². The molecule has 2 fully saturated rings. The monoisotopic (exact) mass is 515 g/mol. The Kier molecular flexibility index (Phi) is 10.8. The zero-order chi connectivity index (χ0) is 26.9. The molecule has 0 spiro atoms. The van der Waals surface area contributed by atoms with Crippen LogP contribution in [0.2, 0.25) is 0 Å². The number of piperidine rings is 1. The van der Waals surface area contributed by atoms with Gasteiger partial charge in [0, 0.05) is 12.6 Å². The molecule has 0 aliphatic carbocycles. The molecule has 5 atom stereocenters. The molecule has 0 saturated carbocycles. The number of carbonyl (C=O) groups excluding carboxylic acids is 3. The minimum Gasteiger partial charge on any atom is -0.497 e. The highest BCUT2D eigenvalue weighted by Crippen LogP contribution is 2.37. The van der Waals surface area contributed by atoms with Gasteiger partial charge in [-0.25, -0.2) is 0 Å². The summed E-state index contributed by atoms with van der Waals surface area (Å²) in [6.07, 6.45) is 4.25. The SMILES string of the molecule is CC[C@H](N)C(=O)NC1C(=O)N2C(CC[C@H]2C(=O)NCCc2ccc(OC)cc2)C[C@@H]1CCN(CC)CC. The number of benzene rings is 1. The Morgan fingerprint density at radius 1 is 1.16 bits per heavy atom. The maximum Gasteiger partial charge on any atom is 0.246 e. The second-order valence-corrected chi connectivity index (χ2v) is 10.2. The van der Waals surface area contributed by atoms with Gasteiger partial charge in [-0.15, -0.1) is 0 Å². The van der Waals surface area contributed by atoms with Crippen LogP contribution in [0, 0.1) is 5.92 Å². The van der Waals surface area contributed by atoms with Crippen LogP contribution in [-0.4, -0.2) is 85.0 Å². The number of nitrogens with zero attached hydrogens (tertiary/aromatic N) is 2. The third-order valence-corrected chi connectivity index (χ3v) is 8.03. The van der Waals surface area contributed by atoms with Crippen molar-refractivity contribution >= 4 is 17.7 Å². The van der Waals surface area contributed by atoms with Crippen molar-refractivity contribution in [2.75, 3.05) is 33.3 Å². The molecule has 4 N–H and O–H groups in total. The molecule has 3 rings (SSSR count). The molecule has 2 unspecified atom stereocenters. The van der Waals surface area contributed by atoms with Gasteiger partial charge >= 0.3 is 0 Å². The van der Waals surface area contributed by atoms with Gasteiger partial charge in [0.15, 0.2) is 0 Å². The Labute approximate surface area is 221 Å². The van der Waals surface area contributed by atoms with E-state index in [9.17, 15) is 14.4 Å². The van der Waals surface area contributed by atoms with Gasteiger partial charge in [-0.05, 0) is 81.8 Å².